The van der Waals surface area contributed by atoms with Gasteiger partial charge in [0.1, 0.15) is 0 Å². The van der Waals surface area contributed by atoms with Crippen molar-refractivity contribution >= 4 is 17.3 Å². The van der Waals surface area contributed by atoms with Crippen molar-refractivity contribution < 1.29 is 0 Å². The van der Waals surface area contributed by atoms with Crippen LogP contribution in [0.25, 0.3) is 0 Å². The average Bonchev–Trinajstić information content (AvgIpc) is 3.08. The number of rotatable bonds is 4. The first-order chi connectivity index (χ1) is 10.2. The summed E-state index contributed by atoms with van der Waals surface area (Å²) in [6.07, 6.45) is 1.94. The maximum Gasteiger partial charge on any atom is 0.0951 e. The summed E-state index contributed by atoms with van der Waals surface area (Å²) in [4.78, 5) is 9.25. The quantitative estimate of drug-likeness (QED) is 0.867. The number of hydrogen-bond donors (Lipinski definition) is 0. The molecular weight excluding hydrogens is 284 g/mol. The summed E-state index contributed by atoms with van der Waals surface area (Å²) < 4.78 is 2.23. The van der Waals surface area contributed by atoms with Crippen molar-refractivity contribution in [2.75, 3.05) is 24.7 Å². The predicted molar refractivity (Wildman–Crippen MR) is 86.7 cm³/mol. The number of halogens is 1. The first kappa shape index (κ1) is 14.4. The second-order valence-electron chi connectivity index (χ2n) is 5.50. The van der Waals surface area contributed by atoms with E-state index in [1.165, 1.54) is 11.4 Å². The van der Waals surface area contributed by atoms with Gasteiger partial charge in [0.15, 0.2) is 0 Å². The molecule has 112 valence electrons. The van der Waals surface area contributed by atoms with Crippen LogP contribution in [0.15, 0.2) is 30.6 Å². The topological polar surface area (TPSA) is 24.3 Å². The molecule has 5 heteroatoms. The Kier molecular flexibility index (Phi) is 4.17. The highest BCUT2D eigenvalue weighted by Crippen LogP contribution is 2.23. The van der Waals surface area contributed by atoms with Crippen molar-refractivity contribution in [3.63, 3.8) is 0 Å². The Morgan fingerprint density at radius 3 is 2.90 bits per heavy atom. The number of imidazole rings is 1. The molecule has 1 aliphatic heterocycles. The van der Waals surface area contributed by atoms with E-state index in [4.69, 9.17) is 11.6 Å². The maximum atomic E-state index is 6.08. The summed E-state index contributed by atoms with van der Waals surface area (Å²) in [5, 5.41) is 0.797. The molecule has 1 aromatic heterocycles. The van der Waals surface area contributed by atoms with Crippen LogP contribution in [0.2, 0.25) is 5.02 Å². The van der Waals surface area contributed by atoms with Crippen LogP contribution in [0.1, 0.15) is 18.3 Å². The van der Waals surface area contributed by atoms with Crippen LogP contribution >= 0.6 is 11.6 Å². The van der Waals surface area contributed by atoms with Crippen molar-refractivity contribution in [2.45, 2.75) is 26.9 Å². The van der Waals surface area contributed by atoms with E-state index in [1.807, 2.05) is 24.5 Å². The third kappa shape index (κ3) is 3.06. The lowest BCUT2D eigenvalue weighted by atomic mass is 10.3. The number of aromatic nitrogens is 2. The molecule has 0 unspecified atom stereocenters. The SMILES string of the molecule is CCn1cnc(C)c1CN1CCN(c2cccc(Cl)c2)C1. The Morgan fingerprint density at radius 1 is 1.29 bits per heavy atom. The van der Waals surface area contributed by atoms with Crippen molar-refractivity contribution in [3.8, 4) is 0 Å². The number of nitrogens with zero attached hydrogens (tertiary/aromatic N) is 4. The van der Waals surface area contributed by atoms with Gasteiger partial charge in [0.25, 0.3) is 0 Å². The minimum absolute atomic E-state index is 0.797. The van der Waals surface area contributed by atoms with E-state index in [0.717, 1.165) is 43.6 Å². The van der Waals surface area contributed by atoms with Crippen molar-refractivity contribution in [3.05, 3.63) is 47.0 Å². The molecule has 0 aliphatic carbocycles. The summed E-state index contributed by atoms with van der Waals surface area (Å²) in [5.74, 6) is 0. The minimum atomic E-state index is 0.797. The average molecular weight is 305 g/mol. The lowest BCUT2D eigenvalue weighted by Gasteiger charge is -2.20. The normalized spacial score (nSPS) is 15.9. The highest BCUT2D eigenvalue weighted by atomic mass is 35.5. The first-order valence-corrected chi connectivity index (χ1v) is 7.78. The number of hydrogen-bond acceptors (Lipinski definition) is 3. The molecule has 2 aromatic rings. The van der Waals surface area contributed by atoms with Gasteiger partial charge in [-0.15, -0.1) is 0 Å². The number of benzene rings is 1. The predicted octanol–water partition coefficient (Wildman–Crippen LogP) is 3.14. The van der Waals surface area contributed by atoms with Gasteiger partial charge in [-0.2, -0.15) is 0 Å². The second kappa shape index (κ2) is 6.08. The minimum Gasteiger partial charge on any atom is -0.357 e. The van der Waals surface area contributed by atoms with Crippen LogP contribution in [0, 0.1) is 6.92 Å². The van der Waals surface area contributed by atoms with Crippen LogP contribution in [0.5, 0.6) is 0 Å². The zero-order valence-corrected chi connectivity index (χ0v) is 13.3. The molecule has 0 atom stereocenters. The van der Waals surface area contributed by atoms with Crippen LogP contribution in [-0.2, 0) is 13.1 Å². The van der Waals surface area contributed by atoms with E-state index >= 15 is 0 Å². The third-order valence-electron chi connectivity index (χ3n) is 4.10. The van der Waals surface area contributed by atoms with E-state index < -0.39 is 0 Å². The van der Waals surface area contributed by atoms with Gasteiger partial charge in [-0.25, -0.2) is 4.98 Å². The molecule has 0 spiro atoms. The van der Waals surface area contributed by atoms with Gasteiger partial charge < -0.3 is 9.47 Å². The summed E-state index contributed by atoms with van der Waals surface area (Å²) in [5.41, 5.74) is 3.66. The highest BCUT2D eigenvalue weighted by Gasteiger charge is 2.22. The summed E-state index contributed by atoms with van der Waals surface area (Å²) in [6.45, 7) is 9.23. The smallest absolute Gasteiger partial charge is 0.0951 e. The van der Waals surface area contributed by atoms with E-state index in [2.05, 4.69) is 39.3 Å². The first-order valence-electron chi connectivity index (χ1n) is 7.41. The lowest BCUT2D eigenvalue weighted by molar-refractivity contribution is 0.323. The second-order valence-corrected chi connectivity index (χ2v) is 5.94. The molecule has 0 radical (unpaired) electrons. The molecule has 4 nitrogen and oxygen atoms in total. The Bertz CT molecular complexity index is 622. The van der Waals surface area contributed by atoms with E-state index in [1.54, 1.807) is 0 Å². The van der Waals surface area contributed by atoms with Crippen LogP contribution in [-0.4, -0.2) is 34.2 Å². The Labute approximate surface area is 130 Å². The molecular formula is C16H21ClN4. The van der Waals surface area contributed by atoms with Gasteiger partial charge in [-0.05, 0) is 32.0 Å². The largest absolute Gasteiger partial charge is 0.357 e. The number of aryl methyl sites for hydroxylation is 2. The van der Waals surface area contributed by atoms with Gasteiger partial charge >= 0.3 is 0 Å². The van der Waals surface area contributed by atoms with Crippen molar-refractivity contribution in [1.82, 2.24) is 14.5 Å². The Balaban J connectivity index is 1.69. The Morgan fingerprint density at radius 2 is 2.14 bits per heavy atom. The van der Waals surface area contributed by atoms with Crippen molar-refractivity contribution in [2.24, 2.45) is 0 Å². The summed E-state index contributed by atoms with van der Waals surface area (Å²) in [6, 6.07) is 8.09. The van der Waals surface area contributed by atoms with Gasteiger partial charge in [-0.3, -0.25) is 4.90 Å². The van der Waals surface area contributed by atoms with Crippen LogP contribution < -0.4 is 4.90 Å². The molecule has 1 fully saturated rings. The van der Waals surface area contributed by atoms with Crippen LogP contribution in [0.3, 0.4) is 0 Å². The molecule has 0 amide bonds. The monoisotopic (exact) mass is 304 g/mol. The molecule has 1 saturated heterocycles. The van der Waals surface area contributed by atoms with Crippen LogP contribution in [0.4, 0.5) is 5.69 Å². The van der Waals surface area contributed by atoms with E-state index in [0.29, 0.717) is 0 Å². The zero-order valence-electron chi connectivity index (χ0n) is 12.6. The van der Waals surface area contributed by atoms with Gasteiger partial charge in [0.2, 0.25) is 0 Å². The van der Waals surface area contributed by atoms with E-state index in [9.17, 15) is 0 Å². The lowest BCUT2D eigenvalue weighted by Crippen LogP contribution is -2.26. The molecule has 0 N–H and O–H groups in total. The summed E-state index contributed by atoms with van der Waals surface area (Å²) >= 11 is 6.08. The molecule has 0 saturated carbocycles. The zero-order chi connectivity index (χ0) is 14.8. The summed E-state index contributed by atoms with van der Waals surface area (Å²) in [7, 11) is 0. The molecule has 1 aliphatic rings. The molecule has 3 rings (SSSR count). The third-order valence-corrected chi connectivity index (χ3v) is 4.33. The standard InChI is InChI=1S/C16H21ClN4/c1-3-20-11-18-13(2)16(20)10-19-7-8-21(12-19)15-6-4-5-14(17)9-15/h4-6,9,11H,3,7-8,10,12H2,1-2H3. The fourth-order valence-electron chi connectivity index (χ4n) is 2.86. The fourth-order valence-corrected chi connectivity index (χ4v) is 3.04. The fraction of sp³-hybridized carbons (Fsp3) is 0.438. The van der Waals surface area contributed by atoms with Gasteiger partial charge in [0, 0.05) is 36.9 Å². The van der Waals surface area contributed by atoms with Crippen molar-refractivity contribution in [1.29, 1.82) is 0 Å². The molecule has 0 bridgehead atoms. The van der Waals surface area contributed by atoms with Gasteiger partial charge in [-0.1, -0.05) is 17.7 Å². The molecule has 21 heavy (non-hydrogen) atoms. The van der Waals surface area contributed by atoms with E-state index in [-0.39, 0.29) is 0 Å². The highest BCUT2D eigenvalue weighted by molar-refractivity contribution is 6.30. The molecule has 2 heterocycles. The molecule has 1 aromatic carbocycles. The Hall–Kier alpha value is -1.52. The maximum absolute atomic E-state index is 6.08. The van der Waals surface area contributed by atoms with Gasteiger partial charge in [0.05, 0.1) is 24.4 Å². The number of anilines is 1.